The lowest BCUT2D eigenvalue weighted by atomic mass is 9.95. The van der Waals surface area contributed by atoms with Gasteiger partial charge in [-0.1, -0.05) is 61.4 Å². The molecule has 2 aromatic carbocycles. The molecule has 0 spiro atoms. The highest BCUT2D eigenvalue weighted by atomic mass is 16.5. The summed E-state index contributed by atoms with van der Waals surface area (Å²) in [5, 5.41) is 14.6. The Morgan fingerprint density at radius 1 is 1.00 bits per heavy atom. The molecule has 2 unspecified atom stereocenters. The third kappa shape index (κ3) is 5.82. The third-order valence-corrected chi connectivity index (χ3v) is 7.07. The van der Waals surface area contributed by atoms with E-state index in [9.17, 15) is 14.4 Å². The van der Waals surface area contributed by atoms with Crippen molar-refractivity contribution in [1.82, 2.24) is 10.6 Å². The summed E-state index contributed by atoms with van der Waals surface area (Å²) in [4.78, 5) is 36.4. The van der Waals surface area contributed by atoms with Gasteiger partial charge in [-0.25, -0.2) is 9.59 Å². The minimum Gasteiger partial charge on any atom is -0.479 e. The Morgan fingerprint density at radius 3 is 2.17 bits per heavy atom. The smallest absolute Gasteiger partial charge is 0.407 e. The number of benzene rings is 2. The zero-order valence-electron chi connectivity index (χ0n) is 19.9. The minimum absolute atomic E-state index is 0.0385. The molecule has 2 atom stereocenters. The average Bonchev–Trinajstić information content (AvgIpc) is 3.49. The number of fused-ring (bicyclic) bond motifs is 3. The fraction of sp³-hybridized carbons (Fsp3) is 0.444. The van der Waals surface area contributed by atoms with Crippen molar-refractivity contribution < 1.29 is 29.0 Å². The maximum atomic E-state index is 12.8. The first-order chi connectivity index (χ1) is 17.0. The van der Waals surface area contributed by atoms with E-state index in [0.717, 1.165) is 47.9 Å². The van der Waals surface area contributed by atoms with Crippen molar-refractivity contribution in [1.29, 1.82) is 0 Å². The van der Waals surface area contributed by atoms with Crippen LogP contribution in [0.1, 0.15) is 49.1 Å². The van der Waals surface area contributed by atoms with Crippen LogP contribution in [0.4, 0.5) is 4.79 Å². The number of ether oxygens (including phenoxy) is 2. The van der Waals surface area contributed by atoms with Crippen LogP contribution in [0.15, 0.2) is 48.5 Å². The van der Waals surface area contributed by atoms with Gasteiger partial charge in [-0.3, -0.25) is 4.79 Å². The summed E-state index contributed by atoms with van der Waals surface area (Å²) in [7, 11) is 1.28. The number of alkyl carbamates (subject to hydrolysis) is 1. The summed E-state index contributed by atoms with van der Waals surface area (Å²) < 4.78 is 10.5. The van der Waals surface area contributed by atoms with Crippen molar-refractivity contribution >= 4 is 18.0 Å². The molecule has 0 heterocycles. The molecule has 2 amide bonds. The number of carbonyl (C=O) groups excluding carboxylic acids is 2. The molecule has 1 fully saturated rings. The summed E-state index contributed by atoms with van der Waals surface area (Å²) >= 11 is 0. The van der Waals surface area contributed by atoms with Gasteiger partial charge in [0, 0.05) is 25.5 Å². The van der Waals surface area contributed by atoms with Gasteiger partial charge in [0.1, 0.15) is 6.61 Å². The molecule has 4 rings (SSSR count). The van der Waals surface area contributed by atoms with Crippen molar-refractivity contribution in [3.05, 3.63) is 59.7 Å². The van der Waals surface area contributed by atoms with Gasteiger partial charge in [0.2, 0.25) is 5.91 Å². The molecule has 2 aliphatic rings. The standard InChI is InChI=1S/C27H32N2O6/c1-34-24(26(31)32)15-28-25(30)14-23(17-8-2-3-9-17)29-27(33)35-16-22-20-12-6-4-10-18(20)19-11-5-7-13-21(19)22/h4-7,10-13,17,22-24H,2-3,8-9,14-16H2,1H3,(H,28,30)(H,29,33)(H,31,32). The van der Waals surface area contributed by atoms with E-state index >= 15 is 0 Å². The molecule has 35 heavy (non-hydrogen) atoms. The maximum absolute atomic E-state index is 12.8. The van der Waals surface area contributed by atoms with Crippen molar-refractivity contribution in [2.45, 2.75) is 50.2 Å². The monoisotopic (exact) mass is 480 g/mol. The van der Waals surface area contributed by atoms with E-state index in [-0.39, 0.29) is 43.4 Å². The third-order valence-electron chi connectivity index (χ3n) is 7.07. The first-order valence-electron chi connectivity index (χ1n) is 12.1. The van der Waals surface area contributed by atoms with Crippen molar-refractivity contribution in [3.8, 4) is 11.1 Å². The normalized spacial score (nSPS) is 16.7. The molecular formula is C27H32N2O6. The molecule has 0 aromatic heterocycles. The Kier molecular flexibility index (Phi) is 8.02. The zero-order valence-corrected chi connectivity index (χ0v) is 19.9. The van der Waals surface area contributed by atoms with Crippen molar-refractivity contribution in [3.63, 3.8) is 0 Å². The lowest BCUT2D eigenvalue weighted by Gasteiger charge is -2.25. The summed E-state index contributed by atoms with van der Waals surface area (Å²) in [6, 6.07) is 15.9. The fourth-order valence-corrected chi connectivity index (χ4v) is 5.24. The second-order valence-corrected chi connectivity index (χ2v) is 9.19. The van der Waals surface area contributed by atoms with Crippen LogP contribution >= 0.6 is 0 Å². The molecule has 8 nitrogen and oxygen atoms in total. The summed E-state index contributed by atoms with van der Waals surface area (Å²) in [6.07, 6.45) is 2.37. The van der Waals surface area contributed by atoms with E-state index in [4.69, 9.17) is 14.6 Å². The number of aliphatic carboxylic acids is 1. The Balaban J connectivity index is 1.36. The quantitative estimate of drug-likeness (QED) is 0.478. The van der Waals surface area contributed by atoms with Crippen LogP contribution in [0.3, 0.4) is 0 Å². The van der Waals surface area contributed by atoms with Crippen LogP contribution in [0.25, 0.3) is 11.1 Å². The van der Waals surface area contributed by atoms with Gasteiger partial charge in [0.05, 0.1) is 6.54 Å². The van der Waals surface area contributed by atoms with E-state index in [1.807, 2.05) is 24.3 Å². The van der Waals surface area contributed by atoms with Gasteiger partial charge in [-0.15, -0.1) is 0 Å². The van der Waals surface area contributed by atoms with Crippen molar-refractivity contribution in [2.75, 3.05) is 20.3 Å². The van der Waals surface area contributed by atoms with Gasteiger partial charge in [-0.05, 0) is 41.0 Å². The molecule has 186 valence electrons. The Bertz CT molecular complexity index is 1020. The molecule has 0 saturated heterocycles. The highest BCUT2D eigenvalue weighted by Gasteiger charge is 2.31. The van der Waals surface area contributed by atoms with Crippen LogP contribution in [0.5, 0.6) is 0 Å². The predicted octanol–water partition coefficient (Wildman–Crippen LogP) is 3.69. The molecule has 1 saturated carbocycles. The van der Waals surface area contributed by atoms with E-state index in [0.29, 0.717) is 0 Å². The molecule has 0 radical (unpaired) electrons. The highest BCUT2D eigenvalue weighted by molar-refractivity contribution is 5.80. The van der Waals surface area contributed by atoms with Gasteiger partial charge in [0.25, 0.3) is 0 Å². The second kappa shape index (κ2) is 11.4. The van der Waals surface area contributed by atoms with Crippen LogP contribution < -0.4 is 10.6 Å². The Hall–Kier alpha value is -3.39. The zero-order chi connectivity index (χ0) is 24.8. The van der Waals surface area contributed by atoms with E-state index in [1.165, 1.54) is 7.11 Å². The van der Waals surface area contributed by atoms with Crippen LogP contribution in [0.2, 0.25) is 0 Å². The lowest BCUT2D eigenvalue weighted by Crippen LogP contribution is -2.45. The number of carboxylic acids is 1. The predicted molar refractivity (Wildman–Crippen MR) is 130 cm³/mol. The largest absolute Gasteiger partial charge is 0.479 e. The number of hydrogen-bond acceptors (Lipinski definition) is 5. The minimum atomic E-state index is -1.14. The van der Waals surface area contributed by atoms with E-state index < -0.39 is 18.2 Å². The van der Waals surface area contributed by atoms with Crippen molar-refractivity contribution in [2.24, 2.45) is 5.92 Å². The Morgan fingerprint density at radius 2 is 1.60 bits per heavy atom. The number of carboxylic acid groups (broad SMARTS) is 1. The first-order valence-corrected chi connectivity index (χ1v) is 12.1. The van der Waals surface area contributed by atoms with Gasteiger partial charge in [0.15, 0.2) is 6.10 Å². The lowest BCUT2D eigenvalue weighted by molar-refractivity contribution is -0.148. The van der Waals surface area contributed by atoms with E-state index in [1.54, 1.807) is 0 Å². The van der Waals surface area contributed by atoms with Crippen LogP contribution in [-0.2, 0) is 19.1 Å². The number of carbonyl (C=O) groups is 3. The van der Waals surface area contributed by atoms with Crippen LogP contribution in [-0.4, -0.2) is 55.5 Å². The number of nitrogens with one attached hydrogen (secondary N) is 2. The van der Waals surface area contributed by atoms with E-state index in [2.05, 4.69) is 34.9 Å². The molecule has 0 aliphatic heterocycles. The molecule has 0 bridgehead atoms. The Labute approximate surface area is 205 Å². The number of methoxy groups -OCH3 is 1. The molecule has 8 heteroatoms. The molecule has 2 aliphatic carbocycles. The molecular weight excluding hydrogens is 448 g/mol. The SMILES string of the molecule is COC(CNC(=O)CC(NC(=O)OCC1c2ccccc2-c2ccccc21)C1CCCC1)C(=O)O. The molecule has 3 N–H and O–H groups in total. The van der Waals surface area contributed by atoms with Crippen LogP contribution in [0, 0.1) is 5.92 Å². The first kappa shape index (κ1) is 24.7. The number of amides is 2. The summed E-state index contributed by atoms with van der Waals surface area (Å²) in [6.45, 7) is 0.0740. The second-order valence-electron chi connectivity index (χ2n) is 9.19. The number of hydrogen-bond donors (Lipinski definition) is 3. The van der Waals surface area contributed by atoms with Gasteiger partial charge < -0.3 is 25.2 Å². The summed E-state index contributed by atoms with van der Waals surface area (Å²) in [5.41, 5.74) is 4.60. The fourth-order valence-electron chi connectivity index (χ4n) is 5.24. The van der Waals surface area contributed by atoms with Gasteiger partial charge >= 0.3 is 12.1 Å². The molecule has 2 aromatic rings. The maximum Gasteiger partial charge on any atom is 0.407 e. The average molecular weight is 481 g/mol. The number of rotatable bonds is 10. The van der Waals surface area contributed by atoms with Gasteiger partial charge in [-0.2, -0.15) is 0 Å². The summed E-state index contributed by atoms with van der Waals surface area (Å²) in [5.74, 6) is -1.33. The topological polar surface area (TPSA) is 114 Å². The highest BCUT2D eigenvalue weighted by Crippen LogP contribution is 2.44.